The van der Waals surface area contributed by atoms with Gasteiger partial charge in [-0.15, -0.1) is 0 Å². The van der Waals surface area contributed by atoms with E-state index in [2.05, 4.69) is 0 Å². The molecule has 0 aliphatic heterocycles. The highest BCUT2D eigenvalue weighted by Gasteiger charge is 2.09. The lowest BCUT2D eigenvalue weighted by Gasteiger charge is -2.04. The first-order valence-electron chi connectivity index (χ1n) is 4.48. The Balaban J connectivity index is 2.62. The van der Waals surface area contributed by atoms with Crippen LogP contribution in [0.3, 0.4) is 0 Å². The lowest BCUT2D eigenvalue weighted by Crippen LogP contribution is -1.89. The van der Waals surface area contributed by atoms with E-state index in [4.69, 9.17) is 0 Å². The lowest BCUT2D eigenvalue weighted by atomic mass is 10.0. The summed E-state index contributed by atoms with van der Waals surface area (Å²) in [6.07, 6.45) is 0. The molecule has 0 saturated heterocycles. The maximum Gasteiger partial charge on any atom is 0.131 e. The number of benzene rings is 2. The molecule has 0 fully saturated rings. The predicted molar refractivity (Wildman–Crippen MR) is 51.7 cm³/mol. The van der Waals surface area contributed by atoms with Gasteiger partial charge in [-0.2, -0.15) is 0 Å². The Hall–Kier alpha value is -1.84. The summed E-state index contributed by atoms with van der Waals surface area (Å²) in [5.74, 6) is -3.07. The van der Waals surface area contributed by atoms with Gasteiger partial charge in [0.15, 0.2) is 0 Å². The first-order chi connectivity index (χ1) is 7.56. The molecule has 2 aromatic carbocycles. The van der Waals surface area contributed by atoms with E-state index >= 15 is 0 Å². The van der Waals surface area contributed by atoms with E-state index in [0.29, 0.717) is 6.07 Å². The maximum atomic E-state index is 13.3. The molecule has 0 saturated carbocycles. The summed E-state index contributed by atoms with van der Waals surface area (Å²) in [5.41, 5.74) is -0.201. The van der Waals surface area contributed by atoms with Crippen LogP contribution in [0.15, 0.2) is 36.4 Å². The molecule has 0 aromatic heterocycles. The average Bonchev–Trinajstić information content (AvgIpc) is 2.20. The van der Waals surface area contributed by atoms with Crippen LogP contribution in [0.5, 0.6) is 0 Å². The van der Waals surface area contributed by atoms with Crippen molar-refractivity contribution in [1.82, 2.24) is 0 Å². The van der Waals surface area contributed by atoms with Crippen molar-refractivity contribution in [3.8, 4) is 11.1 Å². The maximum absolute atomic E-state index is 13.3. The summed E-state index contributed by atoms with van der Waals surface area (Å²) in [5, 5.41) is 0. The van der Waals surface area contributed by atoms with Gasteiger partial charge in [0.25, 0.3) is 0 Å². The predicted octanol–water partition coefficient (Wildman–Crippen LogP) is 3.91. The summed E-state index contributed by atoms with van der Waals surface area (Å²) in [6.45, 7) is 0. The molecule has 0 aliphatic carbocycles. The summed E-state index contributed by atoms with van der Waals surface area (Å²) >= 11 is 0. The minimum atomic E-state index is -0.835. The lowest BCUT2D eigenvalue weighted by molar-refractivity contribution is 0.582. The average molecular weight is 226 g/mol. The van der Waals surface area contributed by atoms with Crippen molar-refractivity contribution >= 4 is 0 Å². The van der Waals surface area contributed by atoms with Crippen molar-refractivity contribution in [3.05, 3.63) is 59.7 Å². The highest BCUT2D eigenvalue weighted by atomic mass is 19.1. The van der Waals surface area contributed by atoms with E-state index in [1.54, 1.807) is 0 Å². The Morgan fingerprint density at radius 2 is 1.25 bits per heavy atom. The van der Waals surface area contributed by atoms with Crippen molar-refractivity contribution in [1.29, 1.82) is 0 Å². The minimum Gasteiger partial charge on any atom is -0.207 e. The molecule has 0 radical (unpaired) electrons. The highest BCUT2D eigenvalue weighted by Crippen LogP contribution is 2.25. The quantitative estimate of drug-likeness (QED) is 0.646. The smallest absolute Gasteiger partial charge is 0.131 e. The summed E-state index contributed by atoms with van der Waals surface area (Å²) in [7, 11) is 0. The van der Waals surface area contributed by atoms with Crippen LogP contribution in [0.25, 0.3) is 11.1 Å². The molecule has 2 rings (SSSR count). The van der Waals surface area contributed by atoms with Crippen molar-refractivity contribution in [2.75, 3.05) is 0 Å². The van der Waals surface area contributed by atoms with E-state index in [9.17, 15) is 17.6 Å². The molecular weight excluding hydrogens is 220 g/mol. The fourth-order valence-electron chi connectivity index (χ4n) is 1.43. The summed E-state index contributed by atoms with van der Waals surface area (Å²) in [4.78, 5) is 0. The fraction of sp³-hybridized carbons (Fsp3) is 0. The number of hydrogen-bond donors (Lipinski definition) is 0. The molecule has 0 aliphatic rings. The van der Waals surface area contributed by atoms with Crippen LogP contribution in [-0.4, -0.2) is 0 Å². The molecule has 82 valence electrons. The first kappa shape index (κ1) is 10.7. The molecule has 0 heterocycles. The molecule has 0 unspecified atom stereocenters. The topological polar surface area (TPSA) is 0 Å². The van der Waals surface area contributed by atoms with Crippen LogP contribution in [0, 0.1) is 23.3 Å². The second kappa shape index (κ2) is 3.96. The third kappa shape index (κ3) is 2.05. The van der Waals surface area contributed by atoms with Crippen LogP contribution < -0.4 is 0 Å². The fourth-order valence-corrected chi connectivity index (χ4v) is 1.43. The van der Waals surface area contributed by atoms with E-state index in [-0.39, 0.29) is 11.1 Å². The van der Waals surface area contributed by atoms with Gasteiger partial charge < -0.3 is 0 Å². The highest BCUT2D eigenvalue weighted by molar-refractivity contribution is 5.64. The van der Waals surface area contributed by atoms with E-state index in [1.807, 2.05) is 0 Å². The standard InChI is InChI=1S/C12H6F4/c13-8-1-2-12(16)11(6-8)7-3-9(14)5-10(15)4-7/h1-6H. The molecule has 0 N–H and O–H groups in total. The molecule has 0 atom stereocenters. The Labute approximate surface area is 89.2 Å². The molecule has 16 heavy (non-hydrogen) atoms. The molecule has 0 bridgehead atoms. The third-order valence-electron chi connectivity index (χ3n) is 2.10. The Morgan fingerprint density at radius 1 is 0.625 bits per heavy atom. The van der Waals surface area contributed by atoms with Gasteiger partial charge in [-0.25, -0.2) is 17.6 Å². The monoisotopic (exact) mass is 226 g/mol. The molecule has 0 spiro atoms. The van der Waals surface area contributed by atoms with Crippen LogP contribution in [-0.2, 0) is 0 Å². The van der Waals surface area contributed by atoms with Crippen molar-refractivity contribution in [2.24, 2.45) is 0 Å². The molecule has 4 heteroatoms. The summed E-state index contributed by atoms with van der Waals surface area (Å²) < 4.78 is 52.0. The van der Waals surface area contributed by atoms with Gasteiger partial charge in [0.1, 0.15) is 23.3 Å². The minimum absolute atomic E-state index is 0.0329. The molecule has 0 amide bonds. The van der Waals surface area contributed by atoms with Crippen LogP contribution >= 0.6 is 0 Å². The second-order valence-electron chi connectivity index (χ2n) is 3.28. The Morgan fingerprint density at radius 3 is 1.88 bits per heavy atom. The number of rotatable bonds is 1. The van der Waals surface area contributed by atoms with Crippen molar-refractivity contribution < 1.29 is 17.6 Å². The van der Waals surface area contributed by atoms with Crippen molar-refractivity contribution in [2.45, 2.75) is 0 Å². The molecular formula is C12H6F4. The SMILES string of the molecule is Fc1cc(F)cc(-c2cc(F)ccc2F)c1. The van der Waals surface area contributed by atoms with Gasteiger partial charge in [-0.1, -0.05) is 0 Å². The van der Waals surface area contributed by atoms with E-state index < -0.39 is 23.3 Å². The van der Waals surface area contributed by atoms with Gasteiger partial charge in [0.2, 0.25) is 0 Å². The van der Waals surface area contributed by atoms with Crippen LogP contribution in [0.1, 0.15) is 0 Å². The van der Waals surface area contributed by atoms with Crippen LogP contribution in [0.2, 0.25) is 0 Å². The van der Waals surface area contributed by atoms with E-state index in [0.717, 1.165) is 30.3 Å². The number of halogens is 4. The van der Waals surface area contributed by atoms with Gasteiger partial charge in [-0.3, -0.25) is 0 Å². The van der Waals surface area contributed by atoms with Crippen LogP contribution in [0.4, 0.5) is 17.6 Å². The Kier molecular flexibility index (Phi) is 2.64. The first-order valence-corrected chi connectivity index (χ1v) is 4.48. The molecule has 2 aromatic rings. The summed E-state index contributed by atoms with van der Waals surface area (Å²) in [6, 6.07) is 5.30. The second-order valence-corrected chi connectivity index (χ2v) is 3.28. The third-order valence-corrected chi connectivity index (χ3v) is 2.10. The molecule has 0 nitrogen and oxygen atoms in total. The Bertz CT molecular complexity index is 514. The number of hydrogen-bond acceptors (Lipinski definition) is 0. The van der Waals surface area contributed by atoms with Gasteiger partial charge >= 0.3 is 0 Å². The van der Waals surface area contributed by atoms with Gasteiger partial charge in [-0.05, 0) is 35.9 Å². The zero-order valence-electron chi connectivity index (χ0n) is 7.98. The zero-order valence-corrected chi connectivity index (χ0v) is 7.98. The van der Waals surface area contributed by atoms with Crippen molar-refractivity contribution in [3.63, 3.8) is 0 Å². The van der Waals surface area contributed by atoms with Gasteiger partial charge in [0, 0.05) is 11.6 Å². The normalized spacial score (nSPS) is 10.5. The zero-order chi connectivity index (χ0) is 11.7. The largest absolute Gasteiger partial charge is 0.207 e. The van der Waals surface area contributed by atoms with E-state index in [1.165, 1.54) is 0 Å². The van der Waals surface area contributed by atoms with Gasteiger partial charge in [0.05, 0.1) is 0 Å².